The molecule has 33 heavy (non-hydrogen) atoms. The van der Waals surface area contributed by atoms with Crippen LogP contribution in [0.5, 0.6) is 5.75 Å². The number of carbonyl (C=O) groups excluding carboxylic acids is 1. The molecule has 3 heterocycles. The Labute approximate surface area is 197 Å². The fraction of sp³-hybridized carbons (Fsp3) is 0.269. The Hall–Kier alpha value is -3.38. The Kier molecular flexibility index (Phi) is 5.77. The molecule has 0 atom stereocenters. The minimum Gasteiger partial charge on any atom is -0.497 e. The van der Waals surface area contributed by atoms with Crippen LogP contribution in [0.15, 0.2) is 65.1 Å². The van der Waals surface area contributed by atoms with Gasteiger partial charge in [0.05, 0.1) is 23.3 Å². The van der Waals surface area contributed by atoms with E-state index in [4.69, 9.17) is 20.8 Å². The molecule has 4 aromatic rings. The average molecular weight is 464 g/mol. The van der Waals surface area contributed by atoms with Crippen LogP contribution in [0.2, 0.25) is 5.02 Å². The van der Waals surface area contributed by atoms with E-state index >= 15 is 0 Å². The zero-order valence-electron chi connectivity index (χ0n) is 18.8. The molecule has 1 amide bonds. The molecule has 0 unspecified atom stereocenters. The number of hydrogen-bond acceptors (Lipinski definition) is 4. The zero-order valence-corrected chi connectivity index (χ0v) is 19.5. The van der Waals surface area contributed by atoms with Gasteiger partial charge in [-0.25, -0.2) is 0 Å². The summed E-state index contributed by atoms with van der Waals surface area (Å²) in [5.41, 5.74) is 4.36. The summed E-state index contributed by atoms with van der Waals surface area (Å²) in [5, 5.41) is 0.736. The molecule has 6 nitrogen and oxygen atoms in total. The summed E-state index contributed by atoms with van der Waals surface area (Å²) in [7, 11) is 1.66. The van der Waals surface area contributed by atoms with Gasteiger partial charge in [0.2, 0.25) is 0 Å². The number of carbonyl (C=O) groups is 1. The van der Waals surface area contributed by atoms with Gasteiger partial charge in [0.25, 0.3) is 5.91 Å². The first kappa shape index (κ1) is 21.5. The van der Waals surface area contributed by atoms with Gasteiger partial charge < -0.3 is 23.5 Å². The fourth-order valence-corrected chi connectivity index (χ4v) is 4.74. The Morgan fingerprint density at radius 1 is 1.03 bits per heavy atom. The van der Waals surface area contributed by atoms with Crippen molar-refractivity contribution in [1.82, 2.24) is 9.47 Å². The molecule has 2 aromatic carbocycles. The van der Waals surface area contributed by atoms with Crippen LogP contribution in [0.25, 0.3) is 11.1 Å². The molecule has 2 aromatic heterocycles. The first-order valence-electron chi connectivity index (χ1n) is 11.0. The number of benzene rings is 2. The van der Waals surface area contributed by atoms with E-state index in [1.165, 1.54) is 0 Å². The van der Waals surface area contributed by atoms with Gasteiger partial charge in [-0.2, -0.15) is 0 Å². The number of fused-ring (bicyclic) bond motifs is 1. The zero-order chi connectivity index (χ0) is 22.9. The number of anilines is 1. The molecule has 5 rings (SSSR count). The molecule has 0 aliphatic carbocycles. The standard InChI is InChI=1S/C26H26ClN3O3/c1-18-14-23-25(33-18)16-24(30(23)17-19-6-5-7-20(15-19)32-2)26(31)29-12-10-28(11-13-29)22-9-4-3-8-21(22)27/h3-9,14-16H,10-13,17H2,1-2H3. The van der Waals surface area contributed by atoms with Crippen LogP contribution in [0.4, 0.5) is 5.69 Å². The Bertz CT molecular complexity index is 1300. The van der Waals surface area contributed by atoms with E-state index in [-0.39, 0.29) is 5.91 Å². The number of piperazine rings is 1. The molecule has 1 saturated heterocycles. The lowest BCUT2D eigenvalue weighted by Gasteiger charge is -2.36. The van der Waals surface area contributed by atoms with Crippen LogP contribution in [0.1, 0.15) is 21.8 Å². The molecule has 1 aliphatic heterocycles. The summed E-state index contributed by atoms with van der Waals surface area (Å²) >= 11 is 6.37. The summed E-state index contributed by atoms with van der Waals surface area (Å²) in [4.78, 5) is 17.7. The molecule has 1 aliphatic rings. The minimum atomic E-state index is 0.0146. The SMILES string of the molecule is COc1cccc(Cn2c(C(=O)N3CCN(c4ccccc4Cl)CC3)cc3oc(C)cc32)c1. The number of aryl methyl sites for hydroxylation is 1. The van der Waals surface area contributed by atoms with E-state index in [2.05, 4.69) is 4.90 Å². The van der Waals surface area contributed by atoms with Crippen molar-refractivity contribution >= 4 is 34.3 Å². The van der Waals surface area contributed by atoms with Crippen molar-refractivity contribution in [3.05, 3.63) is 82.7 Å². The molecular formula is C26H26ClN3O3. The van der Waals surface area contributed by atoms with Crippen molar-refractivity contribution in [3.63, 3.8) is 0 Å². The predicted molar refractivity (Wildman–Crippen MR) is 131 cm³/mol. The van der Waals surface area contributed by atoms with Gasteiger partial charge in [-0.1, -0.05) is 35.9 Å². The maximum Gasteiger partial charge on any atom is 0.270 e. The number of nitrogens with zero attached hydrogens (tertiary/aromatic N) is 3. The topological polar surface area (TPSA) is 50.9 Å². The number of para-hydroxylation sites is 1. The molecule has 0 saturated carbocycles. The second-order valence-corrected chi connectivity index (χ2v) is 8.71. The van der Waals surface area contributed by atoms with Gasteiger partial charge >= 0.3 is 0 Å². The highest BCUT2D eigenvalue weighted by Crippen LogP contribution is 2.29. The number of amides is 1. The summed E-state index contributed by atoms with van der Waals surface area (Å²) in [5.74, 6) is 1.63. The second-order valence-electron chi connectivity index (χ2n) is 8.30. The van der Waals surface area contributed by atoms with Gasteiger partial charge in [0, 0.05) is 44.9 Å². The van der Waals surface area contributed by atoms with E-state index in [9.17, 15) is 4.79 Å². The van der Waals surface area contributed by atoms with Crippen LogP contribution >= 0.6 is 11.6 Å². The van der Waals surface area contributed by atoms with Crippen LogP contribution in [0.3, 0.4) is 0 Å². The first-order chi connectivity index (χ1) is 16.0. The Morgan fingerprint density at radius 2 is 1.82 bits per heavy atom. The predicted octanol–water partition coefficient (Wildman–Crippen LogP) is 5.22. The van der Waals surface area contributed by atoms with E-state index in [1.807, 2.05) is 77.1 Å². The van der Waals surface area contributed by atoms with Crippen LogP contribution < -0.4 is 9.64 Å². The molecule has 0 spiro atoms. The van der Waals surface area contributed by atoms with E-state index in [0.717, 1.165) is 52.0 Å². The lowest BCUT2D eigenvalue weighted by atomic mass is 10.2. The van der Waals surface area contributed by atoms with Gasteiger partial charge in [0.1, 0.15) is 17.2 Å². The molecule has 0 N–H and O–H groups in total. The van der Waals surface area contributed by atoms with Gasteiger partial charge in [-0.3, -0.25) is 4.79 Å². The number of methoxy groups -OCH3 is 1. The van der Waals surface area contributed by atoms with Crippen LogP contribution in [-0.2, 0) is 6.54 Å². The monoisotopic (exact) mass is 463 g/mol. The largest absolute Gasteiger partial charge is 0.497 e. The quantitative estimate of drug-likeness (QED) is 0.407. The van der Waals surface area contributed by atoms with Crippen LogP contribution in [0, 0.1) is 6.92 Å². The highest BCUT2D eigenvalue weighted by atomic mass is 35.5. The Morgan fingerprint density at radius 3 is 2.58 bits per heavy atom. The number of aromatic nitrogens is 1. The Balaban J connectivity index is 1.40. The van der Waals surface area contributed by atoms with Crippen molar-refractivity contribution < 1.29 is 13.9 Å². The van der Waals surface area contributed by atoms with Crippen molar-refractivity contribution in [2.45, 2.75) is 13.5 Å². The lowest BCUT2D eigenvalue weighted by molar-refractivity contribution is 0.0737. The number of hydrogen-bond donors (Lipinski definition) is 0. The summed E-state index contributed by atoms with van der Waals surface area (Å²) in [6.07, 6.45) is 0. The maximum absolute atomic E-state index is 13.6. The van der Waals surface area contributed by atoms with Crippen molar-refractivity contribution in [3.8, 4) is 5.75 Å². The van der Waals surface area contributed by atoms with Crippen LogP contribution in [-0.4, -0.2) is 48.7 Å². The number of furan rings is 1. The number of halogens is 1. The normalized spacial score (nSPS) is 14.2. The van der Waals surface area contributed by atoms with Crippen molar-refractivity contribution in [1.29, 1.82) is 0 Å². The molecule has 1 fully saturated rings. The third-order valence-corrected chi connectivity index (χ3v) is 6.49. The number of rotatable bonds is 5. The van der Waals surface area contributed by atoms with E-state index in [0.29, 0.717) is 25.3 Å². The molecule has 0 radical (unpaired) electrons. The van der Waals surface area contributed by atoms with Gasteiger partial charge in [-0.05, 0) is 36.8 Å². The van der Waals surface area contributed by atoms with E-state index in [1.54, 1.807) is 7.11 Å². The van der Waals surface area contributed by atoms with Gasteiger partial charge in [-0.15, -0.1) is 0 Å². The molecule has 7 heteroatoms. The summed E-state index contributed by atoms with van der Waals surface area (Å²) in [6.45, 7) is 5.22. The van der Waals surface area contributed by atoms with Gasteiger partial charge in [0.15, 0.2) is 5.58 Å². The average Bonchev–Trinajstić information content (AvgIpc) is 3.36. The smallest absolute Gasteiger partial charge is 0.270 e. The van der Waals surface area contributed by atoms with Crippen molar-refractivity contribution in [2.24, 2.45) is 0 Å². The summed E-state index contributed by atoms with van der Waals surface area (Å²) < 4.78 is 13.3. The first-order valence-corrected chi connectivity index (χ1v) is 11.4. The van der Waals surface area contributed by atoms with E-state index < -0.39 is 0 Å². The molecular weight excluding hydrogens is 438 g/mol. The lowest BCUT2D eigenvalue weighted by Crippen LogP contribution is -2.49. The minimum absolute atomic E-state index is 0.0146. The fourth-order valence-electron chi connectivity index (χ4n) is 4.49. The second kappa shape index (κ2) is 8.87. The molecule has 0 bridgehead atoms. The third kappa shape index (κ3) is 4.18. The highest BCUT2D eigenvalue weighted by molar-refractivity contribution is 6.33. The third-order valence-electron chi connectivity index (χ3n) is 6.17. The maximum atomic E-state index is 13.6. The highest BCUT2D eigenvalue weighted by Gasteiger charge is 2.27. The molecule has 170 valence electrons. The number of ether oxygens (including phenoxy) is 1. The summed E-state index contributed by atoms with van der Waals surface area (Å²) in [6, 6.07) is 19.6. The van der Waals surface area contributed by atoms with Crippen molar-refractivity contribution in [2.75, 3.05) is 38.2 Å².